The van der Waals surface area contributed by atoms with Gasteiger partial charge >= 0.3 is 11.9 Å². The van der Waals surface area contributed by atoms with Crippen LogP contribution in [0, 0.1) is 5.92 Å². The molecule has 2 N–H and O–H groups in total. The van der Waals surface area contributed by atoms with Crippen LogP contribution in [0.2, 0.25) is 0 Å². The molecule has 0 aliphatic heterocycles. The third-order valence-electron chi connectivity index (χ3n) is 2.89. The molecular weight excluding hydrogens is 198 g/mol. The fraction of sp³-hybridized carbons (Fsp3) is 0.800. The Morgan fingerprint density at radius 2 is 2.13 bits per heavy atom. The Hall–Kier alpha value is -1.10. The van der Waals surface area contributed by atoms with Gasteiger partial charge in [-0.1, -0.05) is 0 Å². The predicted octanol–water partition coefficient (Wildman–Crippen LogP) is 0.392. The standard InChI is InChI=1S/C10H17NO4/c1-10(9(13)14,7-3-4-7)11-6-5-8(12)15-2/h7,11H,3-6H2,1-2H3,(H,13,14). The van der Waals surface area contributed by atoms with E-state index in [0.717, 1.165) is 12.8 Å². The summed E-state index contributed by atoms with van der Waals surface area (Å²) in [6, 6.07) is 0. The molecule has 1 aliphatic rings. The highest BCUT2D eigenvalue weighted by Crippen LogP contribution is 2.39. The van der Waals surface area contributed by atoms with Crippen LogP contribution in [-0.2, 0) is 14.3 Å². The van der Waals surface area contributed by atoms with Gasteiger partial charge in [-0.2, -0.15) is 0 Å². The van der Waals surface area contributed by atoms with Gasteiger partial charge in [-0.3, -0.25) is 9.59 Å². The maximum Gasteiger partial charge on any atom is 0.323 e. The van der Waals surface area contributed by atoms with Crippen LogP contribution in [0.5, 0.6) is 0 Å². The molecule has 0 aromatic carbocycles. The lowest BCUT2D eigenvalue weighted by Gasteiger charge is -2.25. The number of hydrogen-bond acceptors (Lipinski definition) is 4. The van der Waals surface area contributed by atoms with Crippen molar-refractivity contribution < 1.29 is 19.4 Å². The van der Waals surface area contributed by atoms with Crippen LogP contribution in [0.3, 0.4) is 0 Å². The predicted molar refractivity (Wildman–Crippen MR) is 53.4 cm³/mol. The lowest BCUT2D eigenvalue weighted by Crippen LogP contribution is -2.52. The Morgan fingerprint density at radius 3 is 2.53 bits per heavy atom. The van der Waals surface area contributed by atoms with Crippen LogP contribution in [0.4, 0.5) is 0 Å². The SMILES string of the molecule is COC(=O)CCNC(C)(C(=O)O)C1CC1. The third kappa shape index (κ3) is 2.92. The number of carboxylic acids is 1. The molecule has 5 heteroatoms. The molecule has 0 aromatic rings. The van der Waals surface area contributed by atoms with Crippen LogP contribution in [0.1, 0.15) is 26.2 Å². The maximum atomic E-state index is 11.1. The number of carbonyl (C=O) groups is 2. The minimum atomic E-state index is -0.895. The Balaban J connectivity index is 2.39. The molecule has 5 nitrogen and oxygen atoms in total. The summed E-state index contributed by atoms with van der Waals surface area (Å²) < 4.78 is 4.48. The molecule has 1 atom stereocenters. The monoisotopic (exact) mass is 215 g/mol. The van der Waals surface area contributed by atoms with Crippen molar-refractivity contribution in [3.8, 4) is 0 Å². The topological polar surface area (TPSA) is 75.6 Å². The van der Waals surface area contributed by atoms with Crippen LogP contribution < -0.4 is 5.32 Å². The summed E-state index contributed by atoms with van der Waals surface area (Å²) in [4.78, 5) is 21.9. The number of ether oxygens (including phenoxy) is 1. The smallest absolute Gasteiger partial charge is 0.323 e. The number of aliphatic carboxylic acids is 1. The van der Waals surface area contributed by atoms with Crippen molar-refractivity contribution in [1.82, 2.24) is 5.32 Å². The molecule has 0 radical (unpaired) electrons. The highest BCUT2D eigenvalue weighted by Gasteiger charge is 2.46. The molecule has 0 amide bonds. The number of methoxy groups -OCH3 is 1. The summed E-state index contributed by atoms with van der Waals surface area (Å²) in [6.45, 7) is 2.01. The first-order valence-electron chi connectivity index (χ1n) is 5.06. The van der Waals surface area contributed by atoms with Crippen molar-refractivity contribution >= 4 is 11.9 Å². The lowest BCUT2D eigenvalue weighted by molar-refractivity contribution is -0.146. The fourth-order valence-electron chi connectivity index (χ4n) is 1.58. The number of hydrogen-bond donors (Lipinski definition) is 2. The largest absolute Gasteiger partial charge is 0.480 e. The minimum Gasteiger partial charge on any atom is -0.480 e. The molecule has 0 spiro atoms. The molecule has 0 heterocycles. The first kappa shape index (κ1) is 12.0. The molecule has 15 heavy (non-hydrogen) atoms. The zero-order valence-corrected chi connectivity index (χ0v) is 9.08. The average Bonchev–Trinajstić information content (AvgIpc) is 3.00. The lowest BCUT2D eigenvalue weighted by atomic mass is 9.96. The van der Waals surface area contributed by atoms with Gasteiger partial charge in [0.05, 0.1) is 13.5 Å². The molecule has 1 saturated carbocycles. The van der Waals surface area contributed by atoms with Crippen LogP contribution >= 0.6 is 0 Å². The van der Waals surface area contributed by atoms with E-state index in [4.69, 9.17) is 5.11 Å². The van der Waals surface area contributed by atoms with E-state index in [1.54, 1.807) is 6.92 Å². The zero-order valence-electron chi connectivity index (χ0n) is 9.08. The van der Waals surface area contributed by atoms with E-state index in [2.05, 4.69) is 10.1 Å². The van der Waals surface area contributed by atoms with Gasteiger partial charge < -0.3 is 15.2 Å². The van der Waals surface area contributed by atoms with Gasteiger partial charge in [0.15, 0.2) is 0 Å². The van der Waals surface area contributed by atoms with Crippen molar-refractivity contribution in [3.05, 3.63) is 0 Å². The van der Waals surface area contributed by atoms with Gasteiger partial charge in [0.2, 0.25) is 0 Å². The van der Waals surface area contributed by atoms with Crippen molar-refractivity contribution in [1.29, 1.82) is 0 Å². The Bertz CT molecular complexity index is 262. The van der Waals surface area contributed by atoms with Crippen LogP contribution in [0.15, 0.2) is 0 Å². The molecule has 1 fully saturated rings. The normalized spacial score (nSPS) is 19.3. The van der Waals surface area contributed by atoms with Gasteiger partial charge in [0.25, 0.3) is 0 Å². The summed E-state index contributed by atoms with van der Waals surface area (Å²) >= 11 is 0. The van der Waals surface area contributed by atoms with Gasteiger partial charge in [0, 0.05) is 6.54 Å². The molecule has 1 aliphatic carbocycles. The summed E-state index contributed by atoms with van der Waals surface area (Å²) in [7, 11) is 1.32. The second kappa shape index (κ2) is 4.61. The summed E-state index contributed by atoms with van der Waals surface area (Å²) in [5.74, 6) is -0.992. The molecule has 1 unspecified atom stereocenters. The second-order valence-corrected chi connectivity index (χ2v) is 4.03. The van der Waals surface area contributed by atoms with Gasteiger partial charge in [-0.25, -0.2) is 0 Å². The van der Waals surface area contributed by atoms with Gasteiger partial charge in [-0.15, -0.1) is 0 Å². The number of nitrogens with one attached hydrogen (secondary N) is 1. The number of esters is 1. The molecular formula is C10H17NO4. The first-order valence-corrected chi connectivity index (χ1v) is 5.06. The summed E-state index contributed by atoms with van der Waals surface area (Å²) in [5.41, 5.74) is -0.895. The average molecular weight is 215 g/mol. The van der Waals surface area contributed by atoms with E-state index in [1.807, 2.05) is 0 Å². The van der Waals surface area contributed by atoms with E-state index in [-0.39, 0.29) is 18.3 Å². The highest BCUT2D eigenvalue weighted by atomic mass is 16.5. The van der Waals surface area contributed by atoms with Crippen molar-refractivity contribution in [2.75, 3.05) is 13.7 Å². The van der Waals surface area contributed by atoms with E-state index in [1.165, 1.54) is 7.11 Å². The van der Waals surface area contributed by atoms with Crippen LogP contribution in [-0.4, -0.2) is 36.2 Å². The van der Waals surface area contributed by atoms with Gasteiger partial charge in [-0.05, 0) is 25.7 Å². The summed E-state index contributed by atoms with van der Waals surface area (Å²) in [5, 5.41) is 12.0. The molecule has 0 bridgehead atoms. The Kier molecular flexibility index (Phi) is 3.68. The van der Waals surface area contributed by atoms with Crippen LogP contribution in [0.25, 0.3) is 0 Å². The van der Waals surface area contributed by atoms with Crippen molar-refractivity contribution in [2.24, 2.45) is 5.92 Å². The number of carbonyl (C=O) groups excluding carboxylic acids is 1. The van der Waals surface area contributed by atoms with E-state index >= 15 is 0 Å². The fourth-order valence-corrected chi connectivity index (χ4v) is 1.58. The first-order chi connectivity index (χ1) is 7.00. The number of rotatable bonds is 6. The molecule has 0 saturated heterocycles. The minimum absolute atomic E-state index is 0.188. The number of carboxylic acid groups (broad SMARTS) is 1. The Morgan fingerprint density at radius 1 is 1.53 bits per heavy atom. The zero-order chi connectivity index (χ0) is 11.5. The molecule has 86 valence electrons. The summed E-state index contributed by atoms with van der Waals surface area (Å²) in [6.07, 6.45) is 2.08. The van der Waals surface area contributed by atoms with E-state index in [9.17, 15) is 9.59 Å². The van der Waals surface area contributed by atoms with Gasteiger partial charge in [0.1, 0.15) is 5.54 Å². The third-order valence-corrected chi connectivity index (χ3v) is 2.89. The quantitative estimate of drug-likeness (QED) is 0.627. The molecule has 0 aromatic heterocycles. The Labute approximate surface area is 88.8 Å². The second-order valence-electron chi connectivity index (χ2n) is 4.03. The van der Waals surface area contributed by atoms with E-state index < -0.39 is 11.5 Å². The highest BCUT2D eigenvalue weighted by molar-refractivity contribution is 5.79. The van der Waals surface area contributed by atoms with Crippen molar-refractivity contribution in [2.45, 2.75) is 31.7 Å². The van der Waals surface area contributed by atoms with Crippen molar-refractivity contribution in [3.63, 3.8) is 0 Å². The van der Waals surface area contributed by atoms with E-state index in [0.29, 0.717) is 6.54 Å². The maximum absolute atomic E-state index is 11.1. The molecule has 1 rings (SSSR count).